The molecule has 0 aliphatic carbocycles. The van der Waals surface area contributed by atoms with Crippen LogP contribution >= 0.6 is 0 Å². The molecule has 0 bridgehead atoms. The van der Waals surface area contributed by atoms with Crippen molar-refractivity contribution in [1.82, 2.24) is 0 Å². The van der Waals surface area contributed by atoms with E-state index in [0.717, 1.165) is 18.4 Å². The molecule has 0 aromatic heterocycles. The average Bonchev–Trinajstić information content (AvgIpc) is 2.47. The summed E-state index contributed by atoms with van der Waals surface area (Å²) in [6, 6.07) is 11.7. The van der Waals surface area contributed by atoms with Crippen LogP contribution in [0.1, 0.15) is 38.7 Å². The normalized spacial score (nSPS) is 28.6. The Morgan fingerprint density at radius 1 is 1.29 bits per heavy atom. The summed E-state index contributed by atoms with van der Waals surface area (Å²) < 4.78 is 11.6. The summed E-state index contributed by atoms with van der Waals surface area (Å²) >= 11 is 0. The maximum Gasteiger partial charge on any atom is 0.132 e. The van der Waals surface area contributed by atoms with Crippen LogP contribution in [-0.2, 0) is 15.0 Å². The predicted octanol–water partition coefficient (Wildman–Crippen LogP) is 2.73. The van der Waals surface area contributed by atoms with E-state index >= 15 is 0 Å². The summed E-state index contributed by atoms with van der Waals surface area (Å²) in [6.45, 7) is 4.63. The zero-order chi connectivity index (χ0) is 15.3. The zero-order valence-electron chi connectivity index (χ0n) is 12.8. The van der Waals surface area contributed by atoms with Crippen molar-refractivity contribution in [3.05, 3.63) is 35.9 Å². The number of nitrogens with two attached hydrogens (primary N) is 1. The van der Waals surface area contributed by atoms with Gasteiger partial charge in [-0.1, -0.05) is 30.3 Å². The Balaban J connectivity index is 1.88. The molecule has 0 amide bonds. The molecule has 1 heterocycles. The first-order valence-electron chi connectivity index (χ1n) is 7.56. The van der Waals surface area contributed by atoms with Gasteiger partial charge in [-0.15, -0.1) is 0 Å². The molecule has 1 saturated heterocycles. The van der Waals surface area contributed by atoms with Gasteiger partial charge in [0.05, 0.1) is 31.0 Å². The maximum atomic E-state index is 9.41. The topological polar surface area (TPSA) is 68.3 Å². The molecule has 1 aromatic rings. The molecule has 0 saturated carbocycles. The number of rotatable bonds is 5. The summed E-state index contributed by atoms with van der Waals surface area (Å²) in [5, 5.41) is 9.41. The van der Waals surface area contributed by atoms with Crippen LogP contribution in [0.25, 0.3) is 0 Å². The third-order valence-corrected chi connectivity index (χ3v) is 3.99. The number of ether oxygens (including phenoxy) is 2. The van der Waals surface area contributed by atoms with E-state index in [1.54, 1.807) is 0 Å². The average molecular weight is 288 g/mol. The fourth-order valence-electron chi connectivity index (χ4n) is 2.87. The lowest BCUT2D eigenvalue weighted by atomic mass is 9.89. The van der Waals surface area contributed by atoms with E-state index in [9.17, 15) is 5.26 Å². The Morgan fingerprint density at radius 2 is 1.90 bits per heavy atom. The largest absolute Gasteiger partial charge is 0.378 e. The smallest absolute Gasteiger partial charge is 0.132 e. The Hall–Kier alpha value is -1.41. The van der Waals surface area contributed by atoms with Gasteiger partial charge in [-0.2, -0.15) is 5.26 Å². The fourth-order valence-corrected chi connectivity index (χ4v) is 2.87. The minimum absolute atomic E-state index is 0.197. The second-order valence-electron chi connectivity index (χ2n) is 5.92. The fraction of sp³-hybridized carbons (Fsp3) is 0.588. The SMILES string of the molecule is CC1CC(OCCC(N)(C#N)c2ccccc2)CC(C)O1. The highest BCUT2D eigenvalue weighted by Gasteiger charge is 2.29. The molecule has 2 rings (SSSR count). The Bertz CT molecular complexity index is 475. The van der Waals surface area contributed by atoms with Crippen molar-refractivity contribution < 1.29 is 9.47 Å². The van der Waals surface area contributed by atoms with E-state index in [1.165, 1.54) is 0 Å². The molecular weight excluding hydrogens is 264 g/mol. The lowest BCUT2D eigenvalue weighted by molar-refractivity contribution is -0.103. The summed E-state index contributed by atoms with van der Waals surface area (Å²) in [6.07, 6.45) is 2.95. The van der Waals surface area contributed by atoms with Gasteiger partial charge in [-0.25, -0.2) is 0 Å². The minimum atomic E-state index is -0.982. The molecule has 1 aromatic carbocycles. The molecule has 1 aliphatic heterocycles. The standard InChI is InChI=1S/C17H24N2O2/c1-13-10-16(11-14(2)21-13)20-9-8-17(19,12-18)15-6-4-3-5-7-15/h3-7,13-14,16H,8-11,19H2,1-2H3. The van der Waals surface area contributed by atoms with Gasteiger partial charge in [0.2, 0.25) is 0 Å². The molecule has 21 heavy (non-hydrogen) atoms. The second kappa shape index (κ2) is 7.04. The van der Waals surface area contributed by atoms with E-state index in [2.05, 4.69) is 19.9 Å². The summed E-state index contributed by atoms with van der Waals surface area (Å²) in [7, 11) is 0. The second-order valence-corrected chi connectivity index (χ2v) is 5.92. The molecule has 0 spiro atoms. The number of nitriles is 1. The molecule has 4 heteroatoms. The first-order valence-corrected chi connectivity index (χ1v) is 7.56. The summed E-state index contributed by atoms with van der Waals surface area (Å²) in [4.78, 5) is 0. The molecule has 0 radical (unpaired) electrons. The van der Waals surface area contributed by atoms with Gasteiger partial charge in [-0.05, 0) is 32.3 Å². The van der Waals surface area contributed by atoms with Gasteiger partial charge in [-0.3, -0.25) is 0 Å². The van der Waals surface area contributed by atoms with Crippen molar-refractivity contribution in [2.75, 3.05) is 6.61 Å². The maximum absolute atomic E-state index is 9.41. The van der Waals surface area contributed by atoms with Gasteiger partial charge >= 0.3 is 0 Å². The van der Waals surface area contributed by atoms with E-state index in [1.807, 2.05) is 30.3 Å². The highest BCUT2D eigenvalue weighted by Crippen LogP contribution is 2.24. The third kappa shape index (κ3) is 4.28. The summed E-state index contributed by atoms with van der Waals surface area (Å²) in [5.74, 6) is 0. The van der Waals surface area contributed by atoms with Crippen molar-refractivity contribution in [2.24, 2.45) is 5.73 Å². The van der Waals surface area contributed by atoms with E-state index in [0.29, 0.717) is 13.0 Å². The van der Waals surface area contributed by atoms with Gasteiger partial charge < -0.3 is 15.2 Å². The Morgan fingerprint density at radius 3 is 2.48 bits per heavy atom. The third-order valence-electron chi connectivity index (χ3n) is 3.99. The van der Waals surface area contributed by atoms with Crippen LogP contribution in [0.2, 0.25) is 0 Å². The van der Waals surface area contributed by atoms with Crippen molar-refractivity contribution in [3.63, 3.8) is 0 Å². The number of benzene rings is 1. The molecule has 1 fully saturated rings. The number of hydrogen-bond donors (Lipinski definition) is 1. The van der Waals surface area contributed by atoms with Gasteiger partial charge in [0.15, 0.2) is 0 Å². The van der Waals surface area contributed by atoms with Crippen LogP contribution in [0.15, 0.2) is 30.3 Å². The molecule has 4 nitrogen and oxygen atoms in total. The Kier molecular flexibility index (Phi) is 5.35. The minimum Gasteiger partial charge on any atom is -0.378 e. The molecule has 2 N–H and O–H groups in total. The molecule has 3 atom stereocenters. The first kappa shape index (κ1) is 16.0. The molecular formula is C17H24N2O2. The molecule has 3 unspecified atom stereocenters. The lowest BCUT2D eigenvalue weighted by Gasteiger charge is -2.32. The predicted molar refractivity (Wildman–Crippen MR) is 81.5 cm³/mol. The molecule has 1 aliphatic rings. The van der Waals surface area contributed by atoms with E-state index in [4.69, 9.17) is 15.2 Å². The highest BCUT2D eigenvalue weighted by atomic mass is 16.5. The quantitative estimate of drug-likeness (QED) is 0.904. The molecule has 114 valence electrons. The van der Waals surface area contributed by atoms with Crippen molar-refractivity contribution in [2.45, 2.75) is 57.0 Å². The number of nitrogens with zero attached hydrogens (tertiary/aromatic N) is 1. The van der Waals surface area contributed by atoms with Gasteiger partial charge in [0.25, 0.3) is 0 Å². The van der Waals surface area contributed by atoms with E-state index < -0.39 is 5.54 Å². The highest BCUT2D eigenvalue weighted by molar-refractivity contribution is 5.30. The van der Waals surface area contributed by atoms with Crippen LogP contribution in [0, 0.1) is 11.3 Å². The van der Waals surface area contributed by atoms with Crippen molar-refractivity contribution in [1.29, 1.82) is 5.26 Å². The van der Waals surface area contributed by atoms with Crippen molar-refractivity contribution in [3.8, 4) is 6.07 Å². The van der Waals surface area contributed by atoms with Crippen LogP contribution < -0.4 is 5.73 Å². The van der Waals surface area contributed by atoms with Crippen LogP contribution in [0.3, 0.4) is 0 Å². The van der Waals surface area contributed by atoms with Gasteiger partial charge in [0, 0.05) is 6.42 Å². The summed E-state index contributed by atoms with van der Waals surface area (Å²) in [5.41, 5.74) is 6.08. The Labute approximate surface area is 126 Å². The lowest BCUT2D eigenvalue weighted by Crippen LogP contribution is -2.38. The van der Waals surface area contributed by atoms with Crippen LogP contribution in [0.4, 0.5) is 0 Å². The van der Waals surface area contributed by atoms with Crippen molar-refractivity contribution >= 4 is 0 Å². The van der Waals surface area contributed by atoms with Gasteiger partial charge in [0.1, 0.15) is 5.54 Å². The van der Waals surface area contributed by atoms with E-state index in [-0.39, 0.29) is 18.3 Å². The van der Waals surface area contributed by atoms with Crippen LogP contribution in [-0.4, -0.2) is 24.9 Å². The number of hydrogen-bond acceptors (Lipinski definition) is 4. The first-order chi connectivity index (χ1) is 10.0. The van der Waals surface area contributed by atoms with Crippen LogP contribution in [0.5, 0.6) is 0 Å². The zero-order valence-corrected chi connectivity index (χ0v) is 12.8. The monoisotopic (exact) mass is 288 g/mol.